The number of hydrogen-bond acceptors (Lipinski definition) is 19. The van der Waals surface area contributed by atoms with Crippen molar-refractivity contribution in [3.8, 4) is 0 Å². The monoisotopic (exact) mass is 976 g/mol. The highest BCUT2D eigenvalue weighted by molar-refractivity contribution is 7.87. The molecule has 1 aliphatic rings. The van der Waals surface area contributed by atoms with E-state index in [4.69, 9.17) is 0 Å². The van der Waals surface area contributed by atoms with Crippen LogP contribution in [0.2, 0.25) is 0 Å². The van der Waals surface area contributed by atoms with E-state index in [1.807, 2.05) is 0 Å². The lowest BCUT2D eigenvalue weighted by Crippen LogP contribution is -2.10. The van der Waals surface area contributed by atoms with Crippen LogP contribution < -0.4 is 15.5 Å². The summed E-state index contributed by atoms with van der Waals surface area (Å²) in [6.07, 6.45) is -0.821. The van der Waals surface area contributed by atoms with Gasteiger partial charge in [0.25, 0.3) is 40.5 Å². The third-order valence-electron chi connectivity index (χ3n) is 9.84. The molecule has 1 fully saturated rings. The van der Waals surface area contributed by atoms with E-state index < -0.39 is 66.3 Å². The topological polar surface area (TPSA) is 353 Å². The van der Waals surface area contributed by atoms with E-state index in [1.165, 1.54) is 41.3 Å². The van der Waals surface area contributed by atoms with E-state index in [1.54, 1.807) is 50.2 Å². The Balaban J connectivity index is 1.03. The van der Waals surface area contributed by atoms with Crippen molar-refractivity contribution in [3.63, 3.8) is 0 Å². The zero-order valence-electron chi connectivity index (χ0n) is 33.7. The normalized spacial score (nSPS) is 14.7. The molecule has 0 bridgehead atoms. The maximum Gasteiger partial charge on any atom is 0.295 e. The second kappa shape index (κ2) is 16.8. The van der Waals surface area contributed by atoms with Gasteiger partial charge in [-0.1, -0.05) is 24.3 Å². The van der Waals surface area contributed by atoms with Crippen LogP contribution in [-0.4, -0.2) is 84.7 Å². The number of nitrogens with zero attached hydrogens (tertiary/aromatic N) is 8. The number of aromatic nitrogens is 3. The first-order valence-electron chi connectivity index (χ1n) is 18.8. The van der Waals surface area contributed by atoms with Crippen LogP contribution in [0.15, 0.2) is 137 Å². The lowest BCUT2D eigenvalue weighted by Gasteiger charge is -2.12. The minimum absolute atomic E-state index is 0.0675. The minimum Gasteiger partial charge on any atom is -0.372 e. The number of nitrogens with one attached hydrogen (secondary N) is 2. The summed E-state index contributed by atoms with van der Waals surface area (Å²) in [5, 5.41) is 32.1. The molecule has 1 saturated heterocycles. The average molecular weight is 977 g/mol. The van der Waals surface area contributed by atoms with Gasteiger partial charge in [-0.15, -0.1) is 0 Å². The van der Waals surface area contributed by atoms with Gasteiger partial charge in [-0.2, -0.15) is 69.1 Å². The first-order valence-corrected chi connectivity index (χ1v) is 24.5. The van der Waals surface area contributed by atoms with Gasteiger partial charge in [-0.25, -0.2) is 0 Å². The van der Waals surface area contributed by atoms with Crippen LogP contribution in [0.4, 0.5) is 52.0 Å². The molecule has 6 aromatic carbocycles. The molecule has 0 saturated carbocycles. The van der Waals surface area contributed by atoms with Gasteiger partial charge in [0.15, 0.2) is 0 Å². The fraction of sp³-hybridized carbons (Fsp3) is 0.103. The minimum atomic E-state index is -4.87. The molecule has 0 aliphatic carbocycles. The van der Waals surface area contributed by atoms with Crippen LogP contribution in [-0.2, 0) is 40.5 Å². The number of β-amino-alcohol motifs (C(OH)–C–C–N with tert-alkyl or cyclic N) is 1. The SMILES string of the molecule is Cc1cc(Nc2nc(Nc3ccc(/N=N/c4cc(S(=O)(=O)O)c5cccc(S(=O)(=O)O)c5c4)c(C)c3)nc(N3CC3O)n2)ccc1/N=N/c1cc(S(=O)(=O)O)c2cccc(S(=O)(=O)O)c2c1. The Kier molecular flexibility index (Phi) is 11.6. The lowest BCUT2D eigenvalue weighted by molar-refractivity contribution is 0.283. The summed E-state index contributed by atoms with van der Waals surface area (Å²) in [5.41, 5.74) is 2.41. The predicted molar refractivity (Wildman–Crippen MR) is 238 cm³/mol. The van der Waals surface area contributed by atoms with Crippen molar-refractivity contribution in [1.29, 1.82) is 0 Å². The molecular weight excluding hydrogens is 945 g/mol. The average Bonchev–Trinajstić information content (AvgIpc) is 3.96. The maximum absolute atomic E-state index is 12.2. The van der Waals surface area contributed by atoms with E-state index in [-0.39, 0.29) is 57.3 Å². The molecule has 23 nitrogen and oxygen atoms in total. The van der Waals surface area contributed by atoms with E-state index in [2.05, 4.69) is 46.0 Å². The van der Waals surface area contributed by atoms with Gasteiger partial charge in [0.05, 0.1) is 29.3 Å². The molecule has 1 aromatic heterocycles. The molecular formula is C39H32N10O13S4. The molecule has 340 valence electrons. The molecule has 7 N–H and O–H groups in total. The van der Waals surface area contributed by atoms with Crippen LogP contribution in [0.25, 0.3) is 21.5 Å². The van der Waals surface area contributed by atoms with E-state index >= 15 is 0 Å². The first-order chi connectivity index (χ1) is 30.9. The number of aliphatic hydroxyl groups is 1. The number of anilines is 5. The zero-order chi connectivity index (χ0) is 47.5. The van der Waals surface area contributed by atoms with E-state index in [0.717, 1.165) is 24.3 Å². The number of aryl methyl sites for hydroxylation is 2. The van der Waals surface area contributed by atoms with Gasteiger partial charge >= 0.3 is 0 Å². The van der Waals surface area contributed by atoms with Crippen LogP contribution in [0.3, 0.4) is 0 Å². The Morgan fingerprint density at radius 2 is 0.909 bits per heavy atom. The Bertz CT molecular complexity index is 3480. The molecule has 8 rings (SSSR count). The third kappa shape index (κ3) is 9.83. The summed E-state index contributed by atoms with van der Waals surface area (Å²) in [7, 11) is -19.3. The number of azo groups is 2. The molecule has 0 radical (unpaired) electrons. The second-order valence-corrected chi connectivity index (χ2v) is 20.1. The Morgan fingerprint density at radius 1 is 0.515 bits per heavy atom. The van der Waals surface area contributed by atoms with Crippen LogP contribution in [0.1, 0.15) is 11.1 Å². The molecule has 66 heavy (non-hydrogen) atoms. The maximum atomic E-state index is 12.2. The van der Waals surface area contributed by atoms with Crippen molar-refractivity contribution in [2.24, 2.45) is 20.5 Å². The second-order valence-electron chi connectivity index (χ2n) is 14.6. The van der Waals surface area contributed by atoms with Crippen molar-refractivity contribution in [2.45, 2.75) is 39.7 Å². The van der Waals surface area contributed by atoms with Crippen LogP contribution in [0.5, 0.6) is 0 Å². The van der Waals surface area contributed by atoms with Crippen molar-refractivity contribution in [1.82, 2.24) is 15.0 Å². The van der Waals surface area contributed by atoms with Crippen LogP contribution >= 0.6 is 0 Å². The van der Waals surface area contributed by atoms with Gasteiger partial charge in [0.1, 0.15) is 25.8 Å². The third-order valence-corrected chi connectivity index (χ3v) is 13.4. The zero-order valence-corrected chi connectivity index (χ0v) is 37.0. The Labute approximate surface area is 374 Å². The molecule has 0 spiro atoms. The number of rotatable bonds is 13. The number of hydrogen-bond donors (Lipinski definition) is 7. The Morgan fingerprint density at radius 3 is 1.26 bits per heavy atom. The van der Waals surface area contributed by atoms with Crippen molar-refractivity contribution < 1.29 is 57.0 Å². The largest absolute Gasteiger partial charge is 0.372 e. The number of aliphatic hydroxyl groups excluding tert-OH is 1. The predicted octanol–water partition coefficient (Wildman–Crippen LogP) is 7.24. The highest BCUT2D eigenvalue weighted by Gasteiger charge is 2.35. The van der Waals surface area contributed by atoms with Gasteiger partial charge < -0.3 is 20.6 Å². The first kappa shape index (κ1) is 45.6. The summed E-state index contributed by atoms with van der Waals surface area (Å²) >= 11 is 0. The summed E-state index contributed by atoms with van der Waals surface area (Å²) < 4.78 is 136. The summed E-state index contributed by atoms with van der Waals surface area (Å²) in [6, 6.07) is 21.2. The van der Waals surface area contributed by atoms with Gasteiger partial charge in [0, 0.05) is 32.9 Å². The molecule has 2 heterocycles. The fourth-order valence-corrected chi connectivity index (χ4v) is 9.58. The molecule has 1 aliphatic heterocycles. The fourth-order valence-electron chi connectivity index (χ4n) is 6.73. The molecule has 0 amide bonds. The Hall–Kier alpha value is -6.95. The lowest BCUT2D eigenvalue weighted by atomic mass is 10.1. The van der Waals surface area contributed by atoms with Crippen LogP contribution in [0, 0.1) is 13.8 Å². The molecule has 27 heteroatoms. The van der Waals surface area contributed by atoms with Crippen molar-refractivity contribution >= 4 is 114 Å². The smallest absolute Gasteiger partial charge is 0.295 e. The summed E-state index contributed by atoms with van der Waals surface area (Å²) in [5.74, 6) is 0.274. The highest BCUT2D eigenvalue weighted by Crippen LogP contribution is 2.37. The molecule has 7 aromatic rings. The standard InChI is InChI=1S/C39H32N10O13S4/c1-20-13-22(9-11-30(20)47-45-24-15-28-26(34(17-24)65(57,58)59)5-3-7-32(28)63(51,52)53)40-37-42-38(44-39(43-37)49-19-36(49)50)41-23-10-12-31(21(2)14-23)48-46-25-16-29-27(35(18-25)66(60,61)62)6-4-8-33(29)64(54,55)56/h3-18,36,50H,19H2,1-2H3,(H,51,52,53)(H,54,55,56)(H,57,58,59)(H,60,61,62)(H2,40,41,42,43,44)/b47-45+,48-46+. The van der Waals surface area contributed by atoms with Gasteiger partial charge in [-0.05, 0) is 97.8 Å². The van der Waals surface area contributed by atoms with Gasteiger partial charge in [-0.3, -0.25) is 18.2 Å². The summed E-state index contributed by atoms with van der Waals surface area (Å²) in [6.45, 7) is 3.66. The van der Waals surface area contributed by atoms with Crippen molar-refractivity contribution in [2.75, 3.05) is 22.1 Å². The van der Waals surface area contributed by atoms with E-state index in [0.29, 0.717) is 33.9 Å². The van der Waals surface area contributed by atoms with E-state index in [9.17, 15) is 57.0 Å². The van der Waals surface area contributed by atoms with Gasteiger partial charge in [0.2, 0.25) is 17.8 Å². The number of fused-ring (bicyclic) bond motifs is 2. The molecule has 1 atom stereocenters. The quantitative estimate of drug-likeness (QED) is 0.0340. The van der Waals surface area contributed by atoms with Crippen molar-refractivity contribution in [3.05, 3.63) is 108 Å². The number of benzene rings is 6. The molecule has 1 unspecified atom stereocenters. The summed E-state index contributed by atoms with van der Waals surface area (Å²) in [4.78, 5) is 12.3. The highest BCUT2D eigenvalue weighted by atomic mass is 32.2.